The molecule has 4 rings (SSSR count). The third-order valence-corrected chi connectivity index (χ3v) is 5.14. The minimum absolute atomic E-state index is 0.127. The minimum atomic E-state index is -0.322. The lowest BCUT2D eigenvalue weighted by atomic mass is 10.0. The molecule has 0 aromatic heterocycles. The third kappa shape index (κ3) is 3.72. The topological polar surface area (TPSA) is 104 Å². The Morgan fingerprint density at radius 1 is 1.22 bits per heavy atom. The van der Waals surface area contributed by atoms with E-state index in [0.717, 1.165) is 48.6 Å². The Bertz CT molecular complexity index is 816. The van der Waals surface area contributed by atoms with Crippen LogP contribution in [0.5, 0.6) is 0 Å². The number of amides is 2. The summed E-state index contributed by atoms with van der Waals surface area (Å²) in [4.78, 5) is 18.8. The van der Waals surface area contributed by atoms with E-state index in [9.17, 15) is 4.79 Å². The van der Waals surface area contributed by atoms with Gasteiger partial charge in [0, 0.05) is 38.3 Å². The Balaban J connectivity index is 1.52. The lowest BCUT2D eigenvalue weighted by Crippen LogP contribution is -2.55. The van der Waals surface area contributed by atoms with Crippen LogP contribution in [0, 0.1) is 0 Å². The van der Waals surface area contributed by atoms with Crippen LogP contribution in [-0.4, -0.2) is 58.3 Å². The van der Waals surface area contributed by atoms with Crippen molar-refractivity contribution < 1.29 is 4.79 Å². The number of benzene rings is 1. The van der Waals surface area contributed by atoms with Gasteiger partial charge in [-0.2, -0.15) is 20.2 Å². The summed E-state index contributed by atoms with van der Waals surface area (Å²) in [5.74, 6) is 0.743. The first kappa shape index (κ1) is 17.7. The largest absolute Gasteiger partial charge is 0.369 e. The lowest BCUT2D eigenvalue weighted by Gasteiger charge is -2.40. The van der Waals surface area contributed by atoms with Crippen LogP contribution in [0.1, 0.15) is 24.0 Å². The molecule has 3 aliphatic rings. The van der Waals surface area contributed by atoms with E-state index in [1.165, 1.54) is 5.01 Å². The number of carbonyl (C=O) groups is 1. The zero-order chi connectivity index (χ0) is 18.8. The number of likely N-dealkylation sites (tertiary alicyclic amines) is 1. The van der Waals surface area contributed by atoms with Crippen LogP contribution < -0.4 is 11.5 Å². The fraction of sp³-hybridized carbons (Fsp3) is 0.421. The van der Waals surface area contributed by atoms with Crippen LogP contribution in [0.4, 0.5) is 4.79 Å². The second kappa shape index (κ2) is 7.50. The number of hydrogen-bond acceptors (Lipinski definition) is 6. The fourth-order valence-electron chi connectivity index (χ4n) is 3.69. The summed E-state index contributed by atoms with van der Waals surface area (Å²) in [6, 6.07) is 7.89. The van der Waals surface area contributed by atoms with Crippen molar-refractivity contribution in [2.24, 2.45) is 21.6 Å². The number of fused-ring (bicyclic) bond motifs is 1. The quantitative estimate of drug-likeness (QED) is 0.831. The molecule has 0 radical (unpaired) electrons. The first-order valence-electron chi connectivity index (χ1n) is 9.35. The van der Waals surface area contributed by atoms with E-state index in [0.29, 0.717) is 19.5 Å². The molecule has 142 valence electrons. The fourth-order valence-corrected chi connectivity index (χ4v) is 3.69. The molecule has 1 fully saturated rings. The molecular weight excluding hydrogens is 342 g/mol. The van der Waals surface area contributed by atoms with Gasteiger partial charge in [-0.3, -0.25) is 0 Å². The molecule has 8 heteroatoms. The van der Waals surface area contributed by atoms with Gasteiger partial charge in [0.25, 0.3) is 0 Å². The first-order valence-corrected chi connectivity index (χ1v) is 9.35. The lowest BCUT2D eigenvalue weighted by molar-refractivity contribution is 0.0650. The van der Waals surface area contributed by atoms with Crippen LogP contribution in [0.3, 0.4) is 0 Å². The Kier molecular flexibility index (Phi) is 4.91. The standard InChI is InChI=1S/C19H25N7O/c20-11-15-5-2-1-4-14(15)10-17-7-9-25-19(27)22-18(13-26(25)23-17)24-8-3-6-16(21)12-24/h1-2,4-5,7,9,16H,3,6,8,10-13,20-21H2. The van der Waals surface area contributed by atoms with Gasteiger partial charge < -0.3 is 16.4 Å². The number of nitrogens with two attached hydrogens (primary N) is 2. The van der Waals surface area contributed by atoms with Crippen molar-refractivity contribution in [2.45, 2.75) is 31.8 Å². The SMILES string of the molecule is NCc1ccccc1CC1=NN2CC(N3CCCC(N)C3)=NC(=O)N2C=C1. The van der Waals surface area contributed by atoms with Gasteiger partial charge in [0.2, 0.25) is 0 Å². The minimum Gasteiger partial charge on any atom is -0.357 e. The highest BCUT2D eigenvalue weighted by Gasteiger charge is 2.31. The van der Waals surface area contributed by atoms with Gasteiger partial charge >= 0.3 is 6.03 Å². The van der Waals surface area contributed by atoms with E-state index < -0.39 is 0 Å². The van der Waals surface area contributed by atoms with Gasteiger partial charge in [0.05, 0.1) is 5.71 Å². The molecule has 8 nitrogen and oxygen atoms in total. The number of rotatable bonds is 3. The van der Waals surface area contributed by atoms with Crippen molar-refractivity contribution in [3.05, 3.63) is 47.7 Å². The van der Waals surface area contributed by atoms with E-state index in [1.807, 2.05) is 24.3 Å². The second-order valence-corrected chi connectivity index (χ2v) is 7.09. The highest BCUT2D eigenvalue weighted by atomic mass is 16.2. The van der Waals surface area contributed by atoms with Gasteiger partial charge in [-0.25, -0.2) is 4.79 Å². The number of allylic oxidation sites excluding steroid dienone is 1. The average molecular weight is 367 g/mol. The molecule has 3 aliphatic heterocycles. The van der Waals surface area contributed by atoms with Gasteiger partial charge in [-0.15, -0.1) is 0 Å². The second-order valence-electron chi connectivity index (χ2n) is 7.09. The van der Waals surface area contributed by atoms with Crippen molar-refractivity contribution in [3.8, 4) is 0 Å². The third-order valence-electron chi connectivity index (χ3n) is 5.14. The Hall–Kier alpha value is -2.71. The summed E-state index contributed by atoms with van der Waals surface area (Å²) in [7, 11) is 0. The Morgan fingerprint density at radius 3 is 2.81 bits per heavy atom. The van der Waals surface area contributed by atoms with Crippen molar-refractivity contribution in [1.29, 1.82) is 0 Å². The number of amidine groups is 1. The Labute approximate surface area is 158 Å². The summed E-state index contributed by atoms with van der Waals surface area (Å²) >= 11 is 0. The molecular formula is C19H25N7O. The van der Waals surface area contributed by atoms with Crippen molar-refractivity contribution in [2.75, 3.05) is 19.6 Å². The predicted octanol–water partition coefficient (Wildman–Crippen LogP) is 1.05. The average Bonchev–Trinajstić information content (AvgIpc) is 2.68. The summed E-state index contributed by atoms with van der Waals surface area (Å²) in [6.07, 6.45) is 6.29. The maximum absolute atomic E-state index is 12.4. The summed E-state index contributed by atoms with van der Waals surface area (Å²) in [5, 5.41) is 7.81. The Morgan fingerprint density at radius 2 is 2.04 bits per heavy atom. The van der Waals surface area contributed by atoms with Crippen molar-refractivity contribution in [1.82, 2.24) is 15.0 Å². The number of hydrazone groups is 1. The summed E-state index contributed by atoms with van der Waals surface area (Å²) in [6.45, 7) is 2.57. The maximum Gasteiger partial charge on any atom is 0.369 e. The van der Waals surface area contributed by atoms with E-state index >= 15 is 0 Å². The molecule has 27 heavy (non-hydrogen) atoms. The van der Waals surface area contributed by atoms with Gasteiger partial charge in [-0.05, 0) is 30.0 Å². The molecule has 1 aromatic rings. The zero-order valence-corrected chi connectivity index (χ0v) is 15.3. The van der Waals surface area contributed by atoms with E-state index in [-0.39, 0.29) is 12.1 Å². The molecule has 1 aromatic carbocycles. The van der Waals surface area contributed by atoms with Crippen LogP contribution in [-0.2, 0) is 13.0 Å². The normalized spacial score (nSPS) is 22.5. The monoisotopic (exact) mass is 367 g/mol. The number of carbonyl (C=O) groups excluding carboxylic acids is 1. The number of hydrogen-bond donors (Lipinski definition) is 2. The smallest absolute Gasteiger partial charge is 0.357 e. The number of nitrogens with zero attached hydrogens (tertiary/aromatic N) is 5. The molecule has 0 aliphatic carbocycles. The number of urea groups is 1. The van der Waals surface area contributed by atoms with Crippen LogP contribution >= 0.6 is 0 Å². The molecule has 0 saturated carbocycles. The van der Waals surface area contributed by atoms with Gasteiger partial charge in [0.15, 0.2) is 0 Å². The zero-order valence-electron chi connectivity index (χ0n) is 15.3. The molecule has 1 atom stereocenters. The molecule has 1 unspecified atom stereocenters. The van der Waals surface area contributed by atoms with Gasteiger partial charge in [-0.1, -0.05) is 24.3 Å². The van der Waals surface area contributed by atoms with Crippen LogP contribution in [0.2, 0.25) is 0 Å². The molecule has 0 bridgehead atoms. The summed E-state index contributed by atoms with van der Waals surface area (Å²) in [5.41, 5.74) is 15.1. The predicted molar refractivity (Wildman–Crippen MR) is 105 cm³/mol. The van der Waals surface area contributed by atoms with Gasteiger partial charge in [0.1, 0.15) is 12.4 Å². The first-order chi connectivity index (χ1) is 13.1. The van der Waals surface area contributed by atoms with Crippen molar-refractivity contribution >= 4 is 17.6 Å². The van der Waals surface area contributed by atoms with Crippen molar-refractivity contribution in [3.63, 3.8) is 0 Å². The maximum atomic E-state index is 12.4. The highest BCUT2D eigenvalue weighted by molar-refractivity contribution is 6.01. The summed E-state index contributed by atoms with van der Waals surface area (Å²) < 4.78 is 0. The number of aliphatic imine (C=N–C) groups is 1. The molecule has 1 saturated heterocycles. The van der Waals surface area contributed by atoms with E-state index in [4.69, 9.17) is 11.5 Å². The highest BCUT2D eigenvalue weighted by Crippen LogP contribution is 2.19. The molecule has 3 heterocycles. The molecule has 0 spiro atoms. The molecule has 4 N–H and O–H groups in total. The van der Waals surface area contributed by atoms with E-state index in [2.05, 4.69) is 21.1 Å². The van der Waals surface area contributed by atoms with Crippen LogP contribution in [0.15, 0.2) is 46.6 Å². The van der Waals surface area contributed by atoms with E-state index in [1.54, 1.807) is 11.3 Å². The molecule has 2 amide bonds. The number of hydrazine groups is 1. The van der Waals surface area contributed by atoms with Crippen LogP contribution in [0.25, 0.3) is 0 Å². The number of piperidine rings is 1.